The van der Waals surface area contributed by atoms with Gasteiger partial charge in [0.2, 0.25) is 5.95 Å². The van der Waals surface area contributed by atoms with Crippen molar-refractivity contribution >= 4 is 28.5 Å². The monoisotopic (exact) mass is 407 g/mol. The van der Waals surface area contributed by atoms with E-state index in [2.05, 4.69) is 32.0 Å². The topological polar surface area (TPSA) is 77.8 Å². The Morgan fingerprint density at radius 3 is 3.10 bits per heavy atom. The number of anilines is 1. The van der Waals surface area contributed by atoms with Crippen LogP contribution in [0.25, 0.3) is 10.9 Å². The van der Waals surface area contributed by atoms with Gasteiger partial charge >= 0.3 is 0 Å². The second-order valence-corrected chi connectivity index (χ2v) is 8.28. The van der Waals surface area contributed by atoms with E-state index >= 15 is 0 Å². The lowest BCUT2D eigenvalue weighted by molar-refractivity contribution is 0.0483. The highest BCUT2D eigenvalue weighted by Gasteiger charge is 2.34. The van der Waals surface area contributed by atoms with Crippen molar-refractivity contribution < 1.29 is 4.74 Å². The van der Waals surface area contributed by atoms with Gasteiger partial charge in [-0.05, 0) is 61.4 Å². The minimum atomic E-state index is 0.116. The van der Waals surface area contributed by atoms with Crippen molar-refractivity contribution in [3.8, 4) is 6.07 Å². The molecule has 1 aromatic carbocycles. The van der Waals surface area contributed by atoms with Gasteiger partial charge in [-0.3, -0.25) is 0 Å². The standard InChI is InChI=1S/C22H22ClN5O/c23-15-3-4-19-18(11-15)17-6-8-28(22-25-7-5-16(12-24)26-22)20(21(17)27-19)10-14-2-1-9-29-13-14/h3-5,7,11,14,20,27H,1-2,6,8-10,13H2/t14-,20-/m0/s1. The van der Waals surface area contributed by atoms with E-state index in [1.807, 2.05) is 12.1 Å². The second-order valence-electron chi connectivity index (χ2n) is 7.84. The highest BCUT2D eigenvalue weighted by Crippen LogP contribution is 2.40. The Labute approximate surface area is 174 Å². The summed E-state index contributed by atoms with van der Waals surface area (Å²) < 4.78 is 5.74. The van der Waals surface area contributed by atoms with E-state index in [0.717, 1.165) is 49.6 Å². The van der Waals surface area contributed by atoms with Gasteiger partial charge < -0.3 is 14.6 Å². The molecule has 2 aromatic heterocycles. The van der Waals surface area contributed by atoms with Crippen LogP contribution in [0.4, 0.5) is 5.95 Å². The Morgan fingerprint density at radius 2 is 2.28 bits per heavy atom. The molecule has 1 N–H and O–H groups in total. The maximum absolute atomic E-state index is 9.27. The Morgan fingerprint density at radius 1 is 1.34 bits per heavy atom. The molecule has 4 heterocycles. The predicted molar refractivity (Wildman–Crippen MR) is 112 cm³/mol. The van der Waals surface area contributed by atoms with Crippen molar-refractivity contribution in [3.63, 3.8) is 0 Å². The first-order valence-corrected chi connectivity index (χ1v) is 10.5. The summed E-state index contributed by atoms with van der Waals surface area (Å²) in [5, 5.41) is 11.2. The predicted octanol–water partition coefficient (Wildman–Crippen LogP) is 4.40. The van der Waals surface area contributed by atoms with E-state index < -0.39 is 0 Å². The summed E-state index contributed by atoms with van der Waals surface area (Å²) in [6, 6.07) is 9.92. The number of benzene rings is 1. The maximum Gasteiger partial charge on any atom is 0.227 e. The highest BCUT2D eigenvalue weighted by atomic mass is 35.5. The third kappa shape index (κ3) is 3.45. The fraction of sp³-hybridized carbons (Fsp3) is 0.409. The molecule has 0 radical (unpaired) electrons. The molecule has 0 unspecified atom stereocenters. The number of nitriles is 1. The smallest absolute Gasteiger partial charge is 0.227 e. The Hall–Kier alpha value is -2.62. The number of hydrogen-bond donors (Lipinski definition) is 1. The third-order valence-electron chi connectivity index (χ3n) is 6.04. The van der Waals surface area contributed by atoms with Crippen molar-refractivity contribution in [2.45, 2.75) is 31.7 Å². The summed E-state index contributed by atoms with van der Waals surface area (Å²) in [6.07, 6.45) is 5.79. The minimum Gasteiger partial charge on any atom is -0.381 e. The van der Waals surface area contributed by atoms with Gasteiger partial charge in [0.15, 0.2) is 0 Å². The van der Waals surface area contributed by atoms with Crippen LogP contribution in [0.3, 0.4) is 0 Å². The van der Waals surface area contributed by atoms with Crippen LogP contribution in [0.15, 0.2) is 30.5 Å². The van der Waals surface area contributed by atoms with Gasteiger partial charge in [-0.2, -0.15) is 5.26 Å². The fourth-order valence-electron chi connectivity index (χ4n) is 4.68. The molecule has 7 heteroatoms. The summed E-state index contributed by atoms with van der Waals surface area (Å²) in [7, 11) is 0. The first-order valence-electron chi connectivity index (χ1n) is 10.1. The highest BCUT2D eigenvalue weighted by molar-refractivity contribution is 6.31. The van der Waals surface area contributed by atoms with E-state index in [1.165, 1.54) is 23.1 Å². The summed E-state index contributed by atoms with van der Waals surface area (Å²) in [4.78, 5) is 14.9. The average Bonchev–Trinajstić information content (AvgIpc) is 3.13. The SMILES string of the molecule is N#Cc1ccnc(N2CCc3c([nH]c4ccc(Cl)cc34)[C@@H]2C[C@@H]2CCCOC2)n1. The molecule has 148 valence electrons. The number of hydrogen-bond acceptors (Lipinski definition) is 5. The second kappa shape index (κ2) is 7.66. The Kier molecular flexibility index (Phi) is 4.86. The van der Waals surface area contributed by atoms with Crippen LogP contribution in [0, 0.1) is 17.2 Å². The lowest BCUT2D eigenvalue weighted by Crippen LogP contribution is -2.38. The summed E-state index contributed by atoms with van der Waals surface area (Å²) in [5.41, 5.74) is 4.05. The fourth-order valence-corrected chi connectivity index (χ4v) is 4.85. The van der Waals surface area contributed by atoms with Crippen molar-refractivity contribution in [3.05, 3.63) is 52.4 Å². The number of rotatable bonds is 3. The molecule has 0 amide bonds. The number of halogens is 1. The van der Waals surface area contributed by atoms with Crippen LogP contribution < -0.4 is 4.90 Å². The zero-order valence-electron chi connectivity index (χ0n) is 16.1. The van der Waals surface area contributed by atoms with E-state index in [0.29, 0.717) is 17.6 Å². The van der Waals surface area contributed by atoms with Crippen LogP contribution in [-0.4, -0.2) is 34.7 Å². The number of ether oxygens (including phenoxy) is 1. The van der Waals surface area contributed by atoms with Gasteiger partial charge in [-0.1, -0.05) is 11.6 Å². The molecule has 2 aliphatic heterocycles. The van der Waals surface area contributed by atoms with Crippen molar-refractivity contribution in [1.82, 2.24) is 15.0 Å². The Balaban J connectivity index is 1.58. The molecular formula is C22H22ClN5O. The zero-order chi connectivity index (χ0) is 19.8. The van der Waals surface area contributed by atoms with Crippen molar-refractivity contribution in [2.24, 2.45) is 5.92 Å². The molecule has 0 aliphatic carbocycles. The average molecular weight is 408 g/mol. The molecule has 3 aromatic rings. The number of aromatic amines is 1. The van der Waals surface area contributed by atoms with Gasteiger partial charge in [0, 0.05) is 47.6 Å². The van der Waals surface area contributed by atoms with Gasteiger partial charge in [0.05, 0.1) is 6.04 Å². The number of aromatic nitrogens is 3. The van der Waals surface area contributed by atoms with Crippen LogP contribution >= 0.6 is 11.6 Å². The molecule has 2 atom stereocenters. The lowest BCUT2D eigenvalue weighted by Gasteiger charge is -2.38. The molecule has 2 aliphatic rings. The lowest BCUT2D eigenvalue weighted by atomic mass is 9.88. The van der Waals surface area contributed by atoms with E-state index in [1.54, 1.807) is 12.3 Å². The molecular weight excluding hydrogens is 386 g/mol. The molecule has 0 spiro atoms. The first-order chi connectivity index (χ1) is 14.2. The molecule has 1 fully saturated rings. The quantitative estimate of drug-likeness (QED) is 0.696. The van der Waals surface area contributed by atoms with Gasteiger partial charge in [0.25, 0.3) is 0 Å². The zero-order valence-corrected chi connectivity index (χ0v) is 16.8. The Bertz CT molecular complexity index is 1080. The van der Waals surface area contributed by atoms with E-state index in [9.17, 15) is 5.26 Å². The molecule has 29 heavy (non-hydrogen) atoms. The third-order valence-corrected chi connectivity index (χ3v) is 6.27. The summed E-state index contributed by atoms with van der Waals surface area (Å²) in [6.45, 7) is 2.46. The molecule has 6 nitrogen and oxygen atoms in total. The largest absolute Gasteiger partial charge is 0.381 e. The van der Waals surface area contributed by atoms with Crippen LogP contribution in [0.2, 0.25) is 5.02 Å². The normalized spacial score (nSPS) is 21.7. The molecule has 0 saturated carbocycles. The van der Waals surface area contributed by atoms with E-state index in [4.69, 9.17) is 16.3 Å². The number of nitrogens with zero attached hydrogens (tertiary/aromatic N) is 4. The number of fused-ring (bicyclic) bond motifs is 3. The van der Waals surface area contributed by atoms with Crippen LogP contribution in [0.1, 0.15) is 42.3 Å². The van der Waals surface area contributed by atoms with Gasteiger partial charge in [0.1, 0.15) is 11.8 Å². The first kappa shape index (κ1) is 18.4. The van der Waals surface area contributed by atoms with Crippen molar-refractivity contribution in [2.75, 3.05) is 24.7 Å². The van der Waals surface area contributed by atoms with Gasteiger partial charge in [-0.25, -0.2) is 9.97 Å². The van der Waals surface area contributed by atoms with Gasteiger partial charge in [-0.15, -0.1) is 0 Å². The number of nitrogens with one attached hydrogen (secondary N) is 1. The summed E-state index contributed by atoms with van der Waals surface area (Å²) in [5.74, 6) is 1.12. The van der Waals surface area contributed by atoms with Crippen molar-refractivity contribution in [1.29, 1.82) is 5.26 Å². The maximum atomic E-state index is 9.27. The van der Waals surface area contributed by atoms with Crippen LogP contribution in [0.5, 0.6) is 0 Å². The number of H-pyrrole nitrogens is 1. The van der Waals surface area contributed by atoms with E-state index in [-0.39, 0.29) is 6.04 Å². The molecule has 0 bridgehead atoms. The summed E-state index contributed by atoms with van der Waals surface area (Å²) >= 11 is 6.28. The molecule has 5 rings (SSSR count). The minimum absolute atomic E-state index is 0.116. The van der Waals surface area contributed by atoms with Crippen LogP contribution in [-0.2, 0) is 11.2 Å². The molecule has 1 saturated heterocycles.